The van der Waals surface area contributed by atoms with Gasteiger partial charge in [-0.1, -0.05) is 31.2 Å². The second kappa shape index (κ2) is 12.6. The van der Waals surface area contributed by atoms with Gasteiger partial charge in [-0.3, -0.25) is 19.3 Å². The van der Waals surface area contributed by atoms with E-state index in [0.717, 1.165) is 18.4 Å². The van der Waals surface area contributed by atoms with Crippen LogP contribution in [0, 0.1) is 5.92 Å². The standard InChI is InChI=1S/C37H43N3O8Si/c1-23-35(49(3,4)45)32(19-33(42)38-17-7-8-26(38)21-41)48-37(23)28-18-27(46-2)15-16-29(28)39(36(37)44)20-24-11-13-25(14-12-24)40-30-9-5-6-10-31(30)47-22-34(40)43/h5-6,9-16,18,23,26,32,35,41,45H,7-8,17,19-22H2,1-4H3/t23-,26-,32+,35-,37+/m0/s1. The average Bonchev–Trinajstić information content (AvgIpc) is 3.75. The molecule has 0 aromatic heterocycles. The van der Waals surface area contributed by atoms with Crippen LogP contribution in [0.25, 0.3) is 0 Å². The molecule has 0 bridgehead atoms. The Morgan fingerprint density at radius 3 is 2.53 bits per heavy atom. The highest BCUT2D eigenvalue weighted by molar-refractivity contribution is 6.71. The Morgan fingerprint density at radius 1 is 1.06 bits per heavy atom. The van der Waals surface area contributed by atoms with Crippen molar-refractivity contribution >= 4 is 43.1 Å². The predicted octanol–water partition coefficient (Wildman–Crippen LogP) is 4.47. The van der Waals surface area contributed by atoms with Crippen LogP contribution in [0.15, 0.2) is 66.7 Å². The Kier molecular flexibility index (Phi) is 8.54. The molecule has 2 fully saturated rings. The lowest BCUT2D eigenvalue weighted by Crippen LogP contribution is -2.46. The molecule has 49 heavy (non-hydrogen) atoms. The molecular weight excluding hydrogens is 643 g/mol. The molecule has 5 atom stereocenters. The lowest BCUT2D eigenvalue weighted by atomic mass is 9.82. The minimum atomic E-state index is -2.99. The third-order valence-electron chi connectivity index (χ3n) is 10.7. The molecule has 7 rings (SSSR count). The van der Waals surface area contributed by atoms with E-state index >= 15 is 0 Å². The van der Waals surface area contributed by atoms with Crippen molar-refractivity contribution in [1.82, 2.24) is 4.90 Å². The smallest absolute Gasteiger partial charge is 0.269 e. The van der Waals surface area contributed by atoms with Gasteiger partial charge in [0.1, 0.15) is 11.5 Å². The van der Waals surface area contributed by atoms with E-state index in [4.69, 9.17) is 14.2 Å². The van der Waals surface area contributed by atoms with E-state index < -0.39 is 31.5 Å². The number of fused-ring (bicyclic) bond motifs is 3. The molecule has 4 aliphatic heterocycles. The number of benzene rings is 3. The number of hydrogen-bond acceptors (Lipinski definition) is 8. The van der Waals surface area contributed by atoms with E-state index in [0.29, 0.717) is 40.7 Å². The highest BCUT2D eigenvalue weighted by Crippen LogP contribution is 2.60. The molecule has 2 saturated heterocycles. The van der Waals surface area contributed by atoms with E-state index in [9.17, 15) is 24.3 Å². The first kappa shape index (κ1) is 33.3. The molecule has 258 valence electrons. The van der Waals surface area contributed by atoms with Gasteiger partial charge in [0.05, 0.1) is 50.2 Å². The maximum Gasteiger partial charge on any atom is 0.269 e. The van der Waals surface area contributed by atoms with Crippen molar-refractivity contribution in [2.45, 2.75) is 69.1 Å². The Hall–Kier alpha value is -4.23. The number of aliphatic hydroxyl groups excluding tert-OH is 1. The topological polar surface area (TPSA) is 129 Å². The number of likely N-dealkylation sites (tertiary alicyclic amines) is 1. The van der Waals surface area contributed by atoms with Crippen LogP contribution in [-0.4, -0.2) is 79.9 Å². The van der Waals surface area contributed by atoms with E-state index in [2.05, 4.69) is 0 Å². The first-order valence-corrected chi connectivity index (χ1v) is 19.9. The first-order chi connectivity index (χ1) is 23.5. The summed E-state index contributed by atoms with van der Waals surface area (Å²) in [6, 6.07) is 20.2. The zero-order chi connectivity index (χ0) is 34.7. The maximum absolute atomic E-state index is 14.9. The SMILES string of the molecule is COc1ccc2c(c1)[C@@]1(O[C@H](CC(=O)N3CCC[C@H]3CO)[C@@H]([Si](C)(C)O)[C@@H]1C)C(=O)N2Cc1ccc(N2C(=O)COc3ccccc32)cc1. The summed E-state index contributed by atoms with van der Waals surface area (Å²) in [4.78, 5) is 58.1. The third kappa shape index (κ3) is 5.51. The van der Waals surface area contributed by atoms with Gasteiger partial charge in [-0.05, 0) is 74.0 Å². The molecule has 2 N–H and O–H groups in total. The monoisotopic (exact) mass is 685 g/mol. The number of hydrogen-bond donors (Lipinski definition) is 2. The van der Waals surface area contributed by atoms with Gasteiger partial charge >= 0.3 is 0 Å². The number of ether oxygens (including phenoxy) is 3. The van der Waals surface area contributed by atoms with Crippen LogP contribution in [0.1, 0.15) is 37.3 Å². The van der Waals surface area contributed by atoms with Gasteiger partial charge in [-0.25, -0.2) is 0 Å². The van der Waals surface area contributed by atoms with Gasteiger partial charge < -0.3 is 33.9 Å². The fourth-order valence-electron chi connectivity index (χ4n) is 8.50. The molecule has 3 aromatic rings. The number of amides is 3. The van der Waals surface area contributed by atoms with Crippen molar-refractivity contribution in [3.05, 3.63) is 77.9 Å². The molecule has 11 nitrogen and oxygen atoms in total. The van der Waals surface area contributed by atoms with Crippen LogP contribution in [0.3, 0.4) is 0 Å². The van der Waals surface area contributed by atoms with Crippen molar-refractivity contribution in [2.75, 3.05) is 36.7 Å². The summed E-state index contributed by atoms with van der Waals surface area (Å²) < 4.78 is 18.1. The normalized spacial score (nSPS) is 26.3. The number of methoxy groups -OCH3 is 1. The zero-order valence-corrected chi connectivity index (χ0v) is 29.3. The van der Waals surface area contributed by atoms with Crippen molar-refractivity contribution in [1.29, 1.82) is 0 Å². The van der Waals surface area contributed by atoms with Crippen LogP contribution in [0.4, 0.5) is 17.1 Å². The second-order valence-corrected chi connectivity index (χ2v) is 18.0. The van der Waals surface area contributed by atoms with Crippen molar-refractivity contribution in [3.63, 3.8) is 0 Å². The maximum atomic E-state index is 14.9. The Labute approximate surface area is 287 Å². The van der Waals surface area contributed by atoms with E-state index in [-0.39, 0.29) is 49.9 Å². The fraction of sp³-hybridized carbons (Fsp3) is 0.432. The molecule has 4 aliphatic rings. The van der Waals surface area contributed by atoms with Crippen LogP contribution in [0.2, 0.25) is 18.6 Å². The van der Waals surface area contributed by atoms with Crippen LogP contribution in [-0.2, 0) is 31.3 Å². The zero-order valence-electron chi connectivity index (χ0n) is 28.3. The lowest BCUT2D eigenvalue weighted by Gasteiger charge is -2.33. The van der Waals surface area contributed by atoms with Gasteiger partial charge in [-0.15, -0.1) is 0 Å². The summed E-state index contributed by atoms with van der Waals surface area (Å²) >= 11 is 0. The predicted molar refractivity (Wildman–Crippen MR) is 185 cm³/mol. The number of aliphatic hydroxyl groups is 1. The number of rotatable bonds is 8. The minimum absolute atomic E-state index is 0.0156. The molecule has 3 amide bonds. The second-order valence-electron chi connectivity index (χ2n) is 14.1. The molecule has 12 heteroatoms. The molecule has 0 radical (unpaired) electrons. The van der Waals surface area contributed by atoms with Gasteiger partial charge in [0.25, 0.3) is 11.8 Å². The summed E-state index contributed by atoms with van der Waals surface area (Å²) in [7, 11) is -1.41. The van der Waals surface area contributed by atoms with Gasteiger partial charge in [0, 0.05) is 29.3 Å². The van der Waals surface area contributed by atoms with E-state index in [1.165, 1.54) is 0 Å². The van der Waals surface area contributed by atoms with E-state index in [1.54, 1.807) is 21.8 Å². The number of carbonyl (C=O) groups excluding carboxylic acids is 3. The van der Waals surface area contributed by atoms with Gasteiger partial charge in [0.15, 0.2) is 20.5 Å². The quantitative estimate of drug-likeness (QED) is 0.333. The largest absolute Gasteiger partial charge is 0.497 e. The molecule has 0 aliphatic carbocycles. The summed E-state index contributed by atoms with van der Waals surface area (Å²) in [6.07, 6.45) is 0.895. The molecule has 0 saturated carbocycles. The fourth-order valence-corrected chi connectivity index (χ4v) is 11.1. The van der Waals surface area contributed by atoms with Gasteiger partial charge in [-0.2, -0.15) is 0 Å². The minimum Gasteiger partial charge on any atom is -0.497 e. The van der Waals surface area contributed by atoms with Gasteiger partial charge in [0.2, 0.25) is 5.91 Å². The summed E-state index contributed by atoms with van der Waals surface area (Å²) in [5.41, 5.74) is 1.71. The van der Waals surface area contributed by atoms with Crippen molar-refractivity contribution in [2.24, 2.45) is 5.92 Å². The number of carbonyl (C=O) groups is 3. The highest BCUT2D eigenvalue weighted by atomic mass is 28.4. The highest BCUT2D eigenvalue weighted by Gasteiger charge is 2.66. The Morgan fingerprint density at radius 2 is 1.82 bits per heavy atom. The molecule has 3 aromatic carbocycles. The number of nitrogens with zero attached hydrogens (tertiary/aromatic N) is 3. The summed E-state index contributed by atoms with van der Waals surface area (Å²) in [5.74, 6) is 0.205. The summed E-state index contributed by atoms with van der Waals surface area (Å²) in [6.45, 7) is 6.28. The van der Waals surface area contributed by atoms with Crippen LogP contribution >= 0.6 is 0 Å². The average molecular weight is 686 g/mol. The molecule has 1 spiro atoms. The first-order valence-electron chi connectivity index (χ1n) is 16.9. The van der Waals surface area contributed by atoms with E-state index in [1.807, 2.05) is 86.7 Å². The van der Waals surface area contributed by atoms with Crippen LogP contribution < -0.4 is 19.3 Å². The molecule has 4 heterocycles. The molecular formula is C37H43N3O8Si. The number of anilines is 3. The van der Waals surface area contributed by atoms with Crippen LogP contribution in [0.5, 0.6) is 11.5 Å². The van der Waals surface area contributed by atoms with Crippen molar-refractivity contribution < 1.29 is 38.5 Å². The summed E-state index contributed by atoms with van der Waals surface area (Å²) in [5, 5.41) is 9.87. The molecule has 0 unspecified atom stereocenters. The third-order valence-corrected chi connectivity index (χ3v) is 13.2. The Balaban J connectivity index is 1.21. The Bertz CT molecular complexity index is 1780. The van der Waals surface area contributed by atoms with Crippen molar-refractivity contribution in [3.8, 4) is 11.5 Å². The lowest BCUT2D eigenvalue weighted by molar-refractivity contribution is -0.150. The number of para-hydroxylation sites is 2.